The van der Waals surface area contributed by atoms with E-state index >= 15 is 0 Å². The molecule has 0 aromatic carbocycles. The van der Waals surface area contributed by atoms with Gasteiger partial charge in [0, 0.05) is 19.3 Å². The predicted octanol–water partition coefficient (Wildman–Crippen LogP) is 1.49. The van der Waals surface area contributed by atoms with Gasteiger partial charge in [-0.3, -0.25) is 4.68 Å². The predicted molar refractivity (Wildman–Crippen MR) is 76.5 cm³/mol. The van der Waals surface area contributed by atoms with E-state index in [1.54, 1.807) is 0 Å². The summed E-state index contributed by atoms with van der Waals surface area (Å²) >= 11 is 0. The summed E-state index contributed by atoms with van der Waals surface area (Å²) in [6, 6.07) is 0. The quantitative estimate of drug-likeness (QED) is 0.876. The summed E-state index contributed by atoms with van der Waals surface area (Å²) in [5.41, 5.74) is 6.41. The second-order valence-electron chi connectivity index (χ2n) is 5.95. The maximum atomic E-state index is 5.54. The van der Waals surface area contributed by atoms with Crippen molar-refractivity contribution in [3.05, 3.63) is 11.9 Å². The summed E-state index contributed by atoms with van der Waals surface area (Å²) in [7, 11) is 0. The first-order valence-electron chi connectivity index (χ1n) is 7.50. The van der Waals surface area contributed by atoms with Crippen LogP contribution in [0.15, 0.2) is 6.20 Å². The molecular weight excluding hydrogens is 238 g/mol. The van der Waals surface area contributed by atoms with Crippen LogP contribution in [-0.2, 0) is 13.1 Å². The van der Waals surface area contributed by atoms with Gasteiger partial charge < -0.3 is 10.6 Å². The van der Waals surface area contributed by atoms with Crippen molar-refractivity contribution in [3.8, 4) is 0 Å². The Morgan fingerprint density at radius 1 is 1.32 bits per heavy atom. The Labute approximate surface area is 116 Å². The fourth-order valence-electron chi connectivity index (χ4n) is 2.86. The number of hydrogen-bond acceptors (Lipinski definition) is 4. The summed E-state index contributed by atoms with van der Waals surface area (Å²) in [6.07, 6.45) is 6.00. The van der Waals surface area contributed by atoms with Gasteiger partial charge in [-0.15, -0.1) is 5.10 Å². The molecule has 0 bridgehead atoms. The van der Waals surface area contributed by atoms with Crippen LogP contribution < -0.4 is 5.73 Å². The molecule has 0 spiro atoms. The summed E-state index contributed by atoms with van der Waals surface area (Å²) < 4.78 is 1.91. The topological polar surface area (TPSA) is 60.0 Å². The highest BCUT2D eigenvalue weighted by atomic mass is 15.4. The van der Waals surface area contributed by atoms with Crippen LogP contribution >= 0.6 is 0 Å². The lowest BCUT2D eigenvalue weighted by Crippen LogP contribution is -2.29. The van der Waals surface area contributed by atoms with Crippen LogP contribution in [0.4, 0.5) is 0 Å². The Balaban J connectivity index is 1.77. The molecule has 1 aromatic heterocycles. The van der Waals surface area contributed by atoms with Crippen LogP contribution in [-0.4, -0.2) is 39.5 Å². The number of nitrogens with two attached hydrogens (primary N) is 1. The molecule has 5 heteroatoms. The van der Waals surface area contributed by atoms with Crippen LogP contribution in [0.5, 0.6) is 0 Å². The minimum atomic E-state index is 0.472. The van der Waals surface area contributed by atoms with Gasteiger partial charge in [-0.2, -0.15) is 0 Å². The third-order valence-corrected chi connectivity index (χ3v) is 4.25. The van der Waals surface area contributed by atoms with Crippen LogP contribution in [0, 0.1) is 11.8 Å². The molecule has 2 rings (SSSR count). The molecule has 1 aliphatic rings. The normalized spacial score (nSPS) is 21.8. The summed E-state index contributed by atoms with van der Waals surface area (Å²) in [5, 5.41) is 8.12. The first kappa shape index (κ1) is 14.5. The lowest BCUT2D eigenvalue weighted by atomic mass is 9.89. The maximum absolute atomic E-state index is 5.54. The smallest absolute Gasteiger partial charge is 0.0962 e. The van der Waals surface area contributed by atoms with Gasteiger partial charge in [0.15, 0.2) is 0 Å². The minimum absolute atomic E-state index is 0.472. The zero-order valence-corrected chi connectivity index (χ0v) is 12.3. The first-order valence-corrected chi connectivity index (χ1v) is 7.50. The van der Waals surface area contributed by atoms with Crippen LogP contribution in [0.25, 0.3) is 0 Å². The molecule has 108 valence electrons. The summed E-state index contributed by atoms with van der Waals surface area (Å²) in [4.78, 5) is 2.56. The van der Waals surface area contributed by atoms with E-state index < -0.39 is 0 Å². The fraction of sp³-hybridized carbons (Fsp3) is 0.857. The highest BCUT2D eigenvalue weighted by molar-refractivity contribution is 4.90. The van der Waals surface area contributed by atoms with Gasteiger partial charge in [0.1, 0.15) is 0 Å². The highest BCUT2D eigenvalue weighted by Gasteiger charge is 2.19. The van der Waals surface area contributed by atoms with Crippen LogP contribution in [0.1, 0.15) is 38.8 Å². The van der Waals surface area contributed by atoms with Crippen molar-refractivity contribution in [1.82, 2.24) is 19.9 Å². The molecule has 0 amide bonds. The molecule has 5 nitrogen and oxygen atoms in total. The fourth-order valence-corrected chi connectivity index (χ4v) is 2.86. The average Bonchev–Trinajstić information content (AvgIpc) is 2.72. The molecule has 1 aromatic rings. The van der Waals surface area contributed by atoms with E-state index in [0.29, 0.717) is 6.54 Å². The molecule has 0 radical (unpaired) electrons. The van der Waals surface area contributed by atoms with Crippen LogP contribution in [0.3, 0.4) is 0 Å². The Bertz CT molecular complexity index is 374. The van der Waals surface area contributed by atoms with Crippen molar-refractivity contribution in [2.75, 3.05) is 19.6 Å². The first-order chi connectivity index (χ1) is 9.19. The molecule has 0 saturated carbocycles. The van der Waals surface area contributed by atoms with E-state index in [4.69, 9.17) is 5.73 Å². The molecule has 1 atom stereocenters. The molecule has 1 unspecified atom stereocenters. The largest absolute Gasteiger partial charge is 0.325 e. The third kappa shape index (κ3) is 4.28. The molecule has 2 heterocycles. The summed E-state index contributed by atoms with van der Waals surface area (Å²) in [5.74, 6) is 1.72. The molecule has 2 N–H and O–H groups in total. The van der Waals surface area contributed by atoms with E-state index in [9.17, 15) is 0 Å². The Kier molecular flexibility index (Phi) is 5.34. The Hall–Kier alpha value is -0.940. The van der Waals surface area contributed by atoms with Crippen molar-refractivity contribution in [1.29, 1.82) is 0 Å². The lowest BCUT2D eigenvalue weighted by Gasteiger charge is -2.21. The monoisotopic (exact) mass is 265 g/mol. The molecule has 1 aliphatic heterocycles. The zero-order chi connectivity index (χ0) is 13.7. The van der Waals surface area contributed by atoms with Crippen molar-refractivity contribution in [2.45, 2.75) is 46.2 Å². The Morgan fingerprint density at radius 3 is 2.84 bits per heavy atom. The van der Waals surface area contributed by atoms with Crippen molar-refractivity contribution >= 4 is 0 Å². The third-order valence-electron chi connectivity index (χ3n) is 4.25. The van der Waals surface area contributed by atoms with Crippen molar-refractivity contribution in [3.63, 3.8) is 0 Å². The molecule has 1 fully saturated rings. The van der Waals surface area contributed by atoms with E-state index in [0.717, 1.165) is 30.6 Å². The number of rotatable bonds is 5. The molecule has 1 saturated heterocycles. The SMILES string of the molecule is CC(C)C1CCCN(CCn2cc(CN)nn2)CC1. The van der Waals surface area contributed by atoms with Gasteiger partial charge in [-0.1, -0.05) is 19.1 Å². The summed E-state index contributed by atoms with van der Waals surface area (Å²) in [6.45, 7) is 9.61. The average molecular weight is 265 g/mol. The highest BCUT2D eigenvalue weighted by Crippen LogP contribution is 2.24. The molecular formula is C14H27N5. The Morgan fingerprint density at radius 2 is 2.16 bits per heavy atom. The minimum Gasteiger partial charge on any atom is -0.325 e. The second kappa shape index (κ2) is 7.01. The van der Waals surface area contributed by atoms with Gasteiger partial charge in [-0.05, 0) is 44.2 Å². The second-order valence-corrected chi connectivity index (χ2v) is 5.95. The van der Waals surface area contributed by atoms with Crippen molar-refractivity contribution < 1.29 is 0 Å². The van der Waals surface area contributed by atoms with E-state index in [1.807, 2.05) is 10.9 Å². The van der Waals surface area contributed by atoms with Crippen LogP contribution in [0.2, 0.25) is 0 Å². The van der Waals surface area contributed by atoms with Gasteiger partial charge in [-0.25, -0.2) is 0 Å². The standard InChI is InChI=1S/C14H27N5/c1-12(2)13-4-3-6-18(7-5-13)8-9-19-11-14(10-15)16-17-19/h11-13H,3-10,15H2,1-2H3. The number of aromatic nitrogens is 3. The lowest BCUT2D eigenvalue weighted by molar-refractivity contribution is 0.257. The van der Waals surface area contributed by atoms with Gasteiger partial charge in [0.2, 0.25) is 0 Å². The van der Waals surface area contributed by atoms with Gasteiger partial charge in [0.05, 0.1) is 12.2 Å². The zero-order valence-electron chi connectivity index (χ0n) is 12.3. The molecule has 0 aliphatic carbocycles. The maximum Gasteiger partial charge on any atom is 0.0962 e. The number of hydrogen-bond donors (Lipinski definition) is 1. The van der Waals surface area contributed by atoms with E-state index in [1.165, 1.54) is 32.4 Å². The molecule has 19 heavy (non-hydrogen) atoms. The van der Waals surface area contributed by atoms with E-state index in [-0.39, 0.29) is 0 Å². The number of likely N-dealkylation sites (tertiary alicyclic amines) is 1. The van der Waals surface area contributed by atoms with E-state index in [2.05, 4.69) is 29.1 Å². The van der Waals surface area contributed by atoms with Gasteiger partial charge in [0.25, 0.3) is 0 Å². The number of nitrogens with zero attached hydrogens (tertiary/aromatic N) is 4. The van der Waals surface area contributed by atoms with Gasteiger partial charge >= 0.3 is 0 Å². The van der Waals surface area contributed by atoms with Crippen molar-refractivity contribution in [2.24, 2.45) is 17.6 Å².